The fourth-order valence-corrected chi connectivity index (χ4v) is 2.52. The molecule has 0 radical (unpaired) electrons. The Hall–Kier alpha value is -1.18. The monoisotopic (exact) mass is 202 g/mol. The van der Waals surface area contributed by atoms with Crippen molar-refractivity contribution in [3.63, 3.8) is 0 Å². The van der Waals surface area contributed by atoms with Gasteiger partial charge in [-0.3, -0.25) is 0 Å². The van der Waals surface area contributed by atoms with Crippen LogP contribution in [0.5, 0.6) is 0 Å². The standard InChI is InChI=1S/C13H18N2/c1-10-4-2-5-12-13(10)15(11-6-7-11)9-3-8-14-12/h2,4-5,11,14H,3,6-9H2,1H3. The third kappa shape index (κ3) is 1.58. The molecule has 2 nitrogen and oxygen atoms in total. The summed E-state index contributed by atoms with van der Waals surface area (Å²) in [6, 6.07) is 7.41. The van der Waals surface area contributed by atoms with Gasteiger partial charge in [-0.2, -0.15) is 0 Å². The van der Waals surface area contributed by atoms with Gasteiger partial charge in [0.05, 0.1) is 11.4 Å². The molecule has 15 heavy (non-hydrogen) atoms. The lowest BCUT2D eigenvalue weighted by Gasteiger charge is -2.26. The van der Waals surface area contributed by atoms with Crippen LogP contribution in [0.25, 0.3) is 0 Å². The summed E-state index contributed by atoms with van der Waals surface area (Å²) < 4.78 is 0. The van der Waals surface area contributed by atoms with Crippen molar-refractivity contribution in [1.82, 2.24) is 0 Å². The van der Waals surface area contributed by atoms with E-state index in [4.69, 9.17) is 0 Å². The van der Waals surface area contributed by atoms with Crippen LogP contribution in [0.4, 0.5) is 11.4 Å². The number of benzene rings is 1. The zero-order valence-electron chi connectivity index (χ0n) is 9.29. The van der Waals surface area contributed by atoms with Crippen LogP contribution in [0.2, 0.25) is 0 Å². The molecule has 80 valence electrons. The highest BCUT2D eigenvalue weighted by Gasteiger charge is 2.31. The molecule has 1 saturated carbocycles. The minimum Gasteiger partial charge on any atom is -0.383 e. The third-order valence-corrected chi connectivity index (χ3v) is 3.40. The van der Waals surface area contributed by atoms with Crippen LogP contribution in [-0.2, 0) is 0 Å². The number of hydrogen-bond donors (Lipinski definition) is 1. The van der Waals surface area contributed by atoms with Crippen LogP contribution in [0, 0.1) is 6.92 Å². The van der Waals surface area contributed by atoms with Crippen LogP contribution in [0.3, 0.4) is 0 Å². The molecule has 3 rings (SSSR count). The molecule has 1 heterocycles. The number of rotatable bonds is 1. The number of nitrogens with zero attached hydrogens (tertiary/aromatic N) is 1. The van der Waals surface area contributed by atoms with Crippen molar-refractivity contribution < 1.29 is 0 Å². The highest BCUT2D eigenvalue weighted by Crippen LogP contribution is 2.39. The molecular weight excluding hydrogens is 184 g/mol. The summed E-state index contributed by atoms with van der Waals surface area (Å²) in [4.78, 5) is 2.62. The molecule has 1 aliphatic heterocycles. The van der Waals surface area contributed by atoms with E-state index in [2.05, 4.69) is 35.3 Å². The largest absolute Gasteiger partial charge is 0.383 e. The van der Waals surface area contributed by atoms with E-state index in [0.29, 0.717) is 0 Å². The smallest absolute Gasteiger partial charge is 0.0634 e. The Morgan fingerprint density at radius 2 is 2.20 bits per heavy atom. The summed E-state index contributed by atoms with van der Waals surface area (Å²) in [5, 5.41) is 3.54. The molecule has 1 aromatic rings. The molecule has 2 aliphatic rings. The zero-order valence-corrected chi connectivity index (χ0v) is 9.29. The first-order valence-electron chi connectivity index (χ1n) is 5.96. The molecule has 0 saturated heterocycles. The Kier molecular flexibility index (Phi) is 2.08. The predicted molar refractivity (Wildman–Crippen MR) is 64.7 cm³/mol. The lowest BCUT2D eigenvalue weighted by Crippen LogP contribution is -2.26. The Labute approximate surface area is 91.3 Å². The van der Waals surface area contributed by atoms with E-state index in [-0.39, 0.29) is 0 Å². The van der Waals surface area contributed by atoms with Gasteiger partial charge < -0.3 is 10.2 Å². The molecule has 0 spiro atoms. The second-order valence-corrected chi connectivity index (χ2v) is 4.68. The quantitative estimate of drug-likeness (QED) is 0.753. The maximum atomic E-state index is 3.54. The van der Waals surface area contributed by atoms with Crippen LogP contribution in [0.15, 0.2) is 18.2 Å². The molecule has 0 unspecified atom stereocenters. The molecule has 0 atom stereocenters. The van der Waals surface area contributed by atoms with E-state index >= 15 is 0 Å². The number of aryl methyl sites for hydroxylation is 1. The molecule has 1 aromatic carbocycles. The van der Waals surface area contributed by atoms with Gasteiger partial charge in [0.2, 0.25) is 0 Å². The molecule has 0 amide bonds. The molecule has 1 aliphatic carbocycles. The van der Waals surface area contributed by atoms with Crippen LogP contribution in [0.1, 0.15) is 24.8 Å². The van der Waals surface area contributed by atoms with Gasteiger partial charge in [0.25, 0.3) is 0 Å². The van der Waals surface area contributed by atoms with Gasteiger partial charge >= 0.3 is 0 Å². The lowest BCUT2D eigenvalue weighted by atomic mass is 10.1. The third-order valence-electron chi connectivity index (χ3n) is 3.40. The van der Waals surface area contributed by atoms with Crippen molar-refractivity contribution in [2.24, 2.45) is 0 Å². The SMILES string of the molecule is Cc1cccc2c1N(C1CC1)CCCN2. The summed E-state index contributed by atoms with van der Waals surface area (Å²) in [5.74, 6) is 0. The van der Waals surface area contributed by atoms with Gasteiger partial charge in [0, 0.05) is 19.1 Å². The Morgan fingerprint density at radius 1 is 1.33 bits per heavy atom. The maximum absolute atomic E-state index is 3.54. The van der Waals surface area contributed by atoms with Crippen molar-refractivity contribution >= 4 is 11.4 Å². The number of para-hydroxylation sites is 1. The molecular formula is C13H18N2. The van der Waals surface area contributed by atoms with Gasteiger partial charge in [-0.25, -0.2) is 0 Å². The summed E-state index contributed by atoms with van der Waals surface area (Å²) in [6.45, 7) is 4.55. The van der Waals surface area contributed by atoms with Crippen LogP contribution >= 0.6 is 0 Å². The predicted octanol–water partition coefficient (Wildman–Crippen LogP) is 2.78. The molecule has 1 fully saturated rings. The second-order valence-electron chi connectivity index (χ2n) is 4.68. The average molecular weight is 202 g/mol. The number of fused-ring (bicyclic) bond motifs is 1. The van der Waals surface area contributed by atoms with E-state index in [1.54, 1.807) is 0 Å². The van der Waals surface area contributed by atoms with E-state index in [0.717, 1.165) is 12.6 Å². The van der Waals surface area contributed by atoms with Crippen molar-refractivity contribution in [2.75, 3.05) is 23.3 Å². The van der Waals surface area contributed by atoms with Gasteiger partial charge in [0.15, 0.2) is 0 Å². The fraction of sp³-hybridized carbons (Fsp3) is 0.538. The van der Waals surface area contributed by atoms with Crippen molar-refractivity contribution in [3.8, 4) is 0 Å². The Morgan fingerprint density at radius 3 is 3.00 bits per heavy atom. The first-order valence-corrected chi connectivity index (χ1v) is 5.96. The molecule has 0 aromatic heterocycles. The first-order chi connectivity index (χ1) is 7.36. The van der Waals surface area contributed by atoms with E-state index in [1.807, 2.05) is 0 Å². The summed E-state index contributed by atoms with van der Waals surface area (Å²) in [5.41, 5.74) is 4.20. The average Bonchev–Trinajstić information content (AvgIpc) is 3.03. The van der Waals surface area contributed by atoms with Crippen LogP contribution in [-0.4, -0.2) is 19.1 Å². The van der Waals surface area contributed by atoms with Crippen LogP contribution < -0.4 is 10.2 Å². The number of nitrogens with one attached hydrogen (secondary N) is 1. The molecule has 1 N–H and O–H groups in total. The first kappa shape index (κ1) is 9.08. The summed E-state index contributed by atoms with van der Waals surface area (Å²) >= 11 is 0. The highest BCUT2D eigenvalue weighted by atomic mass is 15.2. The second kappa shape index (κ2) is 3.44. The van der Waals surface area contributed by atoms with E-state index in [9.17, 15) is 0 Å². The van der Waals surface area contributed by atoms with Crippen molar-refractivity contribution in [3.05, 3.63) is 23.8 Å². The van der Waals surface area contributed by atoms with Gasteiger partial charge in [0.1, 0.15) is 0 Å². The Balaban J connectivity index is 2.05. The van der Waals surface area contributed by atoms with Gasteiger partial charge in [-0.15, -0.1) is 0 Å². The zero-order chi connectivity index (χ0) is 10.3. The topological polar surface area (TPSA) is 15.3 Å². The normalized spacial score (nSPS) is 20.5. The molecule has 0 bridgehead atoms. The summed E-state index contributed by atoms with van der Waals surface area (Å²) in [6.07, 6.45) is 4.02. The number of anilines is 2. The van der Waals surface area contributed by atoms with Crippen molar-refractivity contribution in [1.29, 1.82) is 0 Å². The maximum Gasteiger partial charge on any atom is 0.0634 e. The fourth-order valence-electron chi connectivity index (χ4n) is 2.52. The highest BCUT2D eigenvalue weighted by molar-refractivity contribution is 5.75. The number of hydrogen-bond acceptors (Lipinski definition) is 2. The summed E-state index contributed by atoms with van der Waals surface area (Å²) in [7, 11) is 0. The minimum absolute atomic E-state index is 0.824. The minimum atomic E-state index is 0.824. The van der Waals surface area contributed by atoms with E-state index < -0.39 is 0 Å². The van der Waals surface area contributed by atoms with Gasteiger partial charge in [-0.05, 0) is 37.8 Å². The van der Waals surface area contributed by atoms with E-state index in [1.165, 1.54) is 42.7 Å². The molecule has 2 heteroatoms. The van der Waals surface area contributed by atoms with Crippen molar-refractivity contribution in [2.45, 2.75) is 32.2 Å². The Bertz CT molecular complexity index is 369. The van der Waals surface area contributed by atoms with Gasteiger partial charge in [-0.1, -0.05) is 12.1 Å². The lowest BCUT2D eigenvalue weighted by molar-refractivity contribution is 0.758.